The molecule has 0 saturated carbocycles. The van der Waals surface area contributed by atoms with E-state index in [4.69, 9.17) is 19.6 Å². The molecule has 0 amide bonds. The van der Waals surface area contributed by atoms with Gasteiger partial charge >= 0.3 is 11.9 Å². The summed E-state index contributed by atoms with van der Waals surface area (Å²) in [6.07, 6.45) is 2.97. The first-order valence-electron chi connectivity index (χ1n) is 11.7. The van der Waals surface area contributed by atoms with Crippen LogP contribution in [0.3, 0.4) is 0 Å². The van der Waals surface area contributed by atoms with Gasteiger partial charge in [0.15, 0.2) is 4.80 Å². The molecular weight excluding hydrogens is 560 g/mol. The van der Waals surface area contributed by atoms with Gasteiger partial charge in [-0.15, -0.1) is 0 Å². The number of carboxylic acids is 1. The lowest BCUT2D eigenvalue weighted by atomic mass is 9.93. The fourth-order valence-electron chi connectivity index (χ4n) is 4.21. The van der Waals surface area contributed by atoms with Crippen molar-refractivity contribution in [2.75, 3.05) is 13.7 Å². The summed E-state index contributed by atoms with van der Waals surface area (Å²) in [5.74, 6) is -1.03. The Labute approximate surface area is 225 Å². The predicted molar refractivity (Wildman–Crippen MR) is 144 cm³/mol. The monoisotopic (exact) mass is 584 g/mol. The van der Waals surface area contributed by atoms with Gasteiger partial charge in [-0.25, -0.2) is 14.6 Å². The number of hydrogen-bond donors (Lipinski definition) is 1. The Kier molecular flexibility index (Phi) is 8.09. The summed E-state index contributed by atoms with van der Waals surface area (Å²) in [5.41, 5.74) is 2.02. The summed E-state index contributed by atoms with van der Waals surface area (Å²) in [6.45, 7) is 3.91. The number of nitrogens with zero attached hydrogens (tertiary/aromatic N) is 2. The van der Waals surface area contributed by atoms with Gasteiger partial charge in [-0.05, 0) is 55.3 Å². The highest BCUT2D eigenvalue weighted by molar-refractivity contribution is 9.10. The van der Waals surface area contributed by atoms with Crippen LogP contribution in [0.15, 0.2) is 68.0 Å². The number of hydrogen-bond acceptors (Lipinski definition) is 7. The zero-order valence-electron chi connectivity index (χ0n) is 20.5. The maximum Gasteiger partial charge on any atom is 0.338 e. The molecule has 0 unspecified atom stereocenters. The van der Waals surface area contributed by atoms with E-state index in [0.29, 0.717) is 43.9 Å². The van der Waals surface area contributed by atoms with E-state index in [-0.39, 0.29) is 17.7 Å². The van der Waals surface area contributed by atoms with E-state index in [1.165, 1.54) is 35.1 Å². The van der Waals surface area contributed by atoms with E-state index in [2.05, 4.69) is 15.9 Å². The Morgan fingerprint density at radius 3 is 2.54 bits per heavy atom. The number of carbonyl (C=O) groups is 2. The van der Waals surface area contributed by atoms with E-state index in [1.54, 1.807) is 31.2 Å². The Balaban J connectivity index is 2.01. The maximum absolute atomic E-state index is 13.8. The van der Waals surface area contributed by atoms with Crippen molar-refractivity contribution in [3.05, 3.63) is 94.6 Å². The van der Waals surface area contributed by atoms with Crippen LogP contribution in [-0.4, -0.2) is 35.3 Å². The normalized spacial score (nSPS) is 15.2. The second-order valence-corrected chi connectivity index (χ2v) is 10.2. The predicted octanol–water partition coefficient (Wildman–Crippen LogP) is 4.05. The molecule has 2 aromatic carbocycles. The number of carbonyl (C=O) groups excluding carboxylic acids is 1. The number of thiazole rings is 1. The topological polar surface area (TPSA) is 107 Å². The minimum atomic E-state index is -1.02. The fraction of sp³-hybridized carbons (Fsp3) is 0.259. The summed E-state index contributed by atoms with van der Waals surface area (Å²) < 4.78 is 13.7. The Bertz CT molecular complexity index is 1570. The molecule has 0 bridgehead atoms. The molecule has 8 nitrogen and oxygen atoms in total. The molecule has 1 aliphatic rings. The fourth-order valence-corrected chi connectivity index (χ4v) is 5.61. The van der Waals surface area contributed by atoms with Crippen LogP contribution >= 0.6 is 27.3 Å². The van der Waals surface area contributed by atoms with Crippen molar-refractivity contribution in [2.45, 2.75) is 32.7 Å². The van der Waals surface area contributed by atoms with Crippen LogP contribution in [0, 0.1) is 0 Å². The van der Waals surface area contributed by atoms with Crippen LogP contribution in [0.1, 0.15) is 54.2 Å². The molecule has 2 heterocycles. The number of allylic oxidation sites excluding steroid dienone is 1. The van der Waals surface area contributed by atoms with Gasteiger partial charge in [0.2, 0.25) is 0 Å². The second kappa shape index (κ2) is 11.3. The third-order valence-electron chi connectivity index (χ3n) is 5.83. The number of esters is 1. The largest absolute Gasteiger partial charge is 0.496 e. The van der Waals surface area contributed by atoms with Crippen molar-refractivity contribution in [3.63, 3.8) is 0 Å². The first kappa shape index (κ1) is 26.6. The second-order valence-electron chi connectivity index (χ2n) is 8.23. The number of aromatic nitrogens is 1. The standard InChI is InChI=1S/C27H25BrN2O6S/c1-4-6-19-22(26(34)36-5-2)23(18-14-17(28)11-12-20(18)35-3)30-24(31)21(37-27(30)29-19)13-15-7-9-16(10-8-15)25(32)33/h7-14,23H,4-6H2,1-3H3,(H,32,33)/b21-13+/t23-/m1/s1. The molecule has 1 aliphatic heterocycles. The number of benzene rings is 2. The number of methoxy groups -OCH3 is 1. The van der Waals surface area contributed by atoms with Crippen LogP contribution in [0.5, 0.6) is 5.75 Å². The minimum absolute atomic E-state index is 0.156. The highest BCUT2D eigenvalue weighted by Crippen LogP contribution is 2.38. The van der Waals surface area contributed by atoms with Crippen molar-refractivity contribution in [1.29, 1.82) is 0 Å². The average molecular weight is 585 g/mol. The van der Waals surface area contributed by atoms with E-state index in [0.717, 1.165) is 10.9 Å². The summed E-state index contributed by atoms with van der Waals surface area (Å²) >= 11 is 4.72. The number of carboxylic acid groups (broad SMARTS) is 1. The molecule has 192 valence electrons. The van der Waals surface area contributed by atoms with Gasteiger partial charge in [0.05, 0.1) is 35.1 Å². The lowest BCUT2D eigenvalue weighted by molar-refractivity contribution is -0.139. The summed E-state index contributed by atoms with van der Waals surface area (Å²) in [7, 11) is 1.54. The molecule has 10 heteroatoms. The van der Waals surface area contributed by atoms with Crippen LogP contribution in [0.4, 0.5) is 0 Å². The van der Waals surface area contributed by atoms with Gasteiger partial charge in [0.25, 0.3) is 5.56 Å². The molecular formula is C27H25BrN2O6S. The summed E-state index contributed by atoms with van der Waals surface area (Å²) in [6, 6.07) is 10.9. The van der Waals surface area contributed by atoms with Crippen LogP contribution in [-0.2, 0) is 9.53 Å². The third-order valence-corrected chi connectivity index (χ3v) is 7.31. The molecule has 0 spiro atoms. The summed E-state index contributed by atoms with van der Waals surface area (Å²) in [5, 5.41) is 9.17. The molecule has 3 aromatic rings. The van der Waals surface area contributed by atoms with Crippen LogP contribution < -0.4 is 19.6 Å². The Hall–Kier alpha value is -3.50. The molecule has 1 N–H and O–H groups in total. The van der Waals surface area contributed by atoms with Gasteiger partial charge < -0.3 is 14.6 Å². The average Bonchev–Trinajstić information content (AvgIpc) is 3.18. The molecule has 1 aromatic heterocycles. The maximum atomic E-state index is 13.8. The zero-order chi connectivity index (χ0) is 26.7. The highest BCUT2D eigenvalue weighted by atomic mass is 79.9. The molecule has 1 atom stereocenters. The Morgan fingerprint density at radius 2 is 1.92 bits per heavy atom. The smallest absolute Gasteiger partial charge is 0.338 e. The van der Waals surface area contributed by atoms with Crippen molar-refractivity contribution in [1.82, 2.24) is 4.57 Å². The number of aromatic carboxylic acids is 1. The highest BCUT2D eigenvalue weighted by Gasteiger charge is 2.36. The lowest BCUT2D eigenvalue weighted by Gasteiger charge is -2.27. The van der Waals surface area contributed by atoms with E-state index >= 15 is 0 Å². The third kappa shape index (κ3) is 5.30. The first-order chi connectivity index (χ1) is 17.8. The van der Waals surface area contributed by atoms with E-state index < -0.39 is 18.0 Å². The van der Waals surface area contributed by atoms with Crippen molar-refractivity contribution in [2.24, 2.45) is 4.99 Å². The molecule has 37 heavy (non-hydrogen) atoms. The summed E-state index contributed by atoms with van der Waals surface area (Å²) in [4.78, 5) is 43.5. The van der Waals surface area contributed by atoms with Gasteiger partial charge in [0, 0.05) is 10.0 Å². The molecule has 4 rings (SSSR count). The lowest BCUT2D eigenvalue weighted by Crippen LogP contribution is -2.40. The van der Waals surface area contributed by atoms with E-state index in [1.807, 2.05) is 19.1 Å². The molecule has 0 saturated heterocycles. The molecule has 0 fully saturated rings. The molecule has 0 radical (unpaired) electrons. The number of ether oxygens (including phenoxy) is 2. The van der Waals surface area contributed by atoms with Crippen LogP contribution in [0.2, 0.25) is 0 Å². The van der Waals surface area contributed by atoms with Gasteiger partial charge in [0.1, 0.15) is 11.8 Å². The van der Waals surface area contributed by atoms with Crippen molar-refractivity contribution >= 4 is 45.3 Å². The first-order valence-corrected chi connectivity index (χ1v) is 13.3. The number of halogens is 1. The zero-order valence-corrected chi connectivity index (χ0v) is 22.9. The number of fused-ring (bicyclic) bond motifs is 1. The quantitative estimate of drug-likeness (QED) is 0.400. The van der Waals surface area contributed by atoms with Gasteiger partial charge in [-0.3, -0.25) is 9.36 Å². The van der Waals surface area contributed by atoms with E-state index in [9.17, 15) is 14.4 Å². The van der Waals surface area contributed by atoms with Crippen molar-refractivity contribution < 1.29 is 24.2 Å². The van der Waals surface area contributed by atoms with Crippen molar-refractivity contribution in [3.8, 4) is 5.75 Å². The van der Waals surface area contributed by atoms with Gasteiger partial charge in [-0.1, -0.05) is 52.7 Å². The van der Waals surface area contributed by atoms with Crippen LogP contribution in [0.25, 0.3) is 6.08 Å². The molecule has 0 aliphatic carbocycles. The number of rotatable bonds is 8. The van der Waals surface area contributed by atoms with Gasteiger partial charge in [-0.2, -0.15) is 0 Å². The Morgan fingerprint density at radius 1 is 1.19 bits per heavy atom. The minimum Gasteiger partial charge on any atom is -0.496 e. The SMILES string of the molecule is CCCC1=C(C(=O)OCC)[C@@H](c2cc(Br)ccc2OC)n2c(s/c(=C/c3ccc(C(=O)O)cc3)c2=O)=N1.